The van der Waals surface area contributed by atoms with Gasteiger partial charge in [0.15, 0.2) is 0 Å². The highest BCUT2D eigenvalue weighted by atomic mass is 35.5. The summed E-state index contributed by atoms with van der Waals surface area (Å²) < 4.78 is 4.96. The van der Waals surface area contributed by atoms with Gasteiger partial charge in [-0.15, -0.1) is 0 Å². The Morgan fingerprint density at radius 3 is 2.73 bits per heavy atom. The van der Waals surface area contributed by atoms with Gasteiger partial charge in [-0.1, -0.05) is 11.6 Å². The fourth-order valence-corrected chi connectivity index (χ4v) is 0.989. The van der Waals surface area contributed by atoms with E-state index in [1.807, 2.05) is 0 Å². The molecule has 0 radical (unpaired) electrons. The Kier molecular flexibility index (Phi) is 2.57. The number of benzene rings is 1. The molecule has 1 aromatic rings. The highest BCUT2D eigenvalue weighted by Gasteiger charge is 1.96. The van der Waals surface area contributed by atoms with Gasteiger partial charge in [-0.2, -0.15) is 0 Å². The molecule has 0 amide bonds. The van der Waals surface area contributed by atoms with Crippen molar-refractivity contribution in [3.63, 3.8) is 0 Å². The fourth-order valence-electron chi connectivity index (χ4n) is 0.764. The van der Waals surface area contributed by atoms with E-state index in [0.29, 0.717) is 10.8 Å². The molecule has 3 nitrogen and oxygen atoms in total. The van der Waals surface area contributed by atoms with Gasteiger partial charge in [-0.3, -0.25) is 5.84 Å². The molecule has 0 aromatic heterocycles. The summed E-state index contributed by atoms with van der Waals surface area (Å²) >= 11 is 5.73. The summed E-state index contributed by atoms with van der Waals surface area (Å²) in [5.41, 5.74) is 3.21. The third kappa shape index (κ3) is 2.00. The third-order valence-electron chi connectivity index (χ3n) is 1.27. The Hall–Kier alpha value is -0.930. The lowest BCUT2D eigenvalue weighted by molar-refractivity contribution is 0.415. The topological polar surface area (TPSA) is 47.3 Å². The van der Waals surface area contributed by atoms with E-state index in [9.17, 15) is 0 Å². The van der Waals surface area contributed by atoms with Crippen LogP contribution in [0.15, 0.2) is 18.2 Å². The van der Waals surface area contributed by atoms with Gasteiger partial charge in [0.25, 0.3) is 0 Å². The van der Waals surface area contributed by atoms with Crippen molar-refractivity contribution < 1.29 is 4.74 Å². The van der Waals surface area contributed by atoms with Crippen LogP contribution in [0.2, 0.25) is 5.02 Å². The number of halogens is 1. The summed E-state index contributed by atoms with van der Waals surface area (Å²) in [4.78, 5) is 0. The predicted molar refractivity (Wildman–Crippen MR) is 45.8 cm³/mol. The molecule has 11 heavy (non-hydrogen) atoms. The van der Waals surface area contributed by atoms with E-state index in [0.717, 1.165) is 5.69 Å². The van der Waals surface area contributed by atoms with Crippen LogP contribution in [0, 0.1) is 0 Å². The van der Waals surface area contributed by atoms with Crippen LogP contribution in [0.1, 0.15) is 0 Å². The number of ether oxygens (including phenoxy) is 1. The van der Waals surface area contributed by atoms with Crippen molar-refractivity contribution in [2.75, 3.05) is 12.5 Å². The lowest BCUT2D eigenvalue weighted by Gasteiger charge is -2.03. The zero-order valence-electron chi connectivity index (χ0n) is 6.10. The number of nitrogens with two attached hydrogens (primary N) is 1. The Morgan fingerprint density at radius 1 is 1.45 bits per heavy atom. The molecule has 0 aliphatic rings. The minimum Gasteiger partial charge on any atom is -0.497 e. The first kappa shape index (κ1) is 8.17. The SMILES string of the molecule is COc1cc(Cl)cc(NN)c1. The van der Waals surface area contributed by atoms with E-state index in [2.05, 4.69) is 5.43 Å². The second-order valence-corrected chi connectivity index (χ2v) is 2.46. The van der Waals surface area contributed by atoms with Gasteiger partial charge < -0.3 is 10.2 Å². The van der Waals surface area contributed by atoms with Crippen LogP contribution in [-0.4, -0.2) is 7.11 Å². The van der Waals surface area contributed by atoms with Crippen molar-refractivity contribution in [2.24, 2.45) is 5.84 Å². The molecular weight excluding hydrogens is 164 g/mol. The maximum Gasteiger partial charge on any atom is 0.122 e. The van der Waals surface area contributed by atoms with Gasteiger partial charge in [-0.25, -0.2) is 0 Å². The Morgan fingerprint density at radius 2 is 2.18 bits per heavy atom. The van der Waals surface area contributed by atoms with Crippen molar-refractivity contribution >= 4 is 17.3 Å². The summed E-state index contributed by atoms with van der Waals surface area (Å²) in [6, 6.07) is 5.18. The van der Waals surface area contributed by atoms with Crippen LogP contribution >= 0.6 is 11.6 Å². The van der Waals surface area contributed by atoms with Gasteiger partial charge in [0.1, 0.15) is 5.75 Å². The van der Waals surface area contributed by atoms with Crippen LogP contribution in [0.4, 0.5) is 5.69 Å². The van der Waals surface area contributed by atoms with Crippen molar-refractivity contribution in [3.8, 4) is 5.75 Å². The number of anilines is 1. The lowest BCUT2D eigenvalue weighted by Crippen LogP contribution is -2.06. The molecule has 0 unspecified atom stereocenters. The first-order valence-corrected chi connectivity index (χ1v) is 3.45. The Bertz CT molecular complexity index is 230. The normalized spacial score (nSPS) is 9.36. The summed E-state index contributed by atoms with van der Waals surface area (Å²) in [6.07, 6.45) is 0. The summed E-state index contributed by atoms with van der Waals surface area (Å²) in [5.74, 6) is 5.86. The van der Waals surface area contributed by atoms with E-state index >= 15 is 0 Å². The predicted octanol–water partition coefficient (Wildman–Crippen LogP) is 1.63. The van der Waals surface area contributed by atoms with Crippen molar-refractivity contribution in [2.45, 2.75) is 0 Å². The smallest absolute Gasteiger partial charge is 0.122 e. The van der Waals surface area contributed by atoms with Gasteiger partial charge in [0.05, 0.1) is 12.8 Å². The molecule has 0 fully saturated rings. The molecule has 0 saturated heterocycles. The number of nitrogens with one attached hydrogen (secondary N) is 1. The monoisotopic (exact) mass is 172 g/mol. The number of hydrogen-bond donors (Lipinski definition) is 2. The lowest BCUT2D eigenvalue weighted by atomic mass is 10.3. The Balaban J connectivity index is 3.02. The fraction of sp³-hybridized carbons (Fsp3) is 0.143. The van der Waals surface area contributed by atoms with E-state index in [1.165, 1.54) is 0 Å². The third-order valence-corrected chi connectivity index (χ3v) is 1.49. The van der Waals surface area contributed by atoms with Gasteiger partial charge in [0.2, 0.25) is 0 Å². The first-order valence-electron chi connectivity index (χ1n) is 3.07. The standard InChI is InChI=1S/C7H9ClN2O/c1-11-7-3-5(8)2-6(4-7)10-9/h2-4,10H,9H2,1H3. The first-order chi connectivity index (χ1) is 5.26. The number of hydrogen-bond acceptors (Lipinski definition) is 3. The summed E-state index contributed by atoms with van der Waals surface area (Å²) in [7, 11) is 1.58. The molecule has 3 N–H and O–H groups in total. The van der Waals surface area contributed by atoms with Crippen LogP contribution in [-0.2, 0) is 0 Å². The molecule has 0 bridgehead atoms. The van der Waals surface area contributed by atoms with Crippen LogP contribution in [0.3, 0.4) is 0 Å². The molecular formula is C7H9ClN2O. The average Bonchev–Trinajstić information content (AvgIpc) is 2.03. The zero-order valence-corrected chi connectivity index (χ0v) is 6.85. The zero-order chi connectivity index (χ0) is 8.27. The number of hydrazine groups is 1. The van der Waals surface area contributed by atoms with Crippen molar-refractivity contribution in [1.82, 2.24) is 0 Å². The van der Waals surface area contributed by atoms with Gasteiger partial charge in [-0.05, 0) is 12.1 Å². The second-order valence-electron chi connectivity index (χ2n) is 2.02. The molecule has 4 heteroatoms. The van der Waals surface area contributed by atoms with Gasteiger partial charge >= 0.3 is 0 Å². The summed E-state index contributed by atoms with van der Waals surface area (Å²) in [5, 5.41) is 0.595. The maximum absolute atomic E-state index is 5.73. The average molecular weight is 173 g/mol. The van der Waals surface area contributed by atoms with Crippen LogP contribution < -0.4 is 16.0 Å². The molecule has 0 heterocycles. The number of nitrogen functional groups attached to an aromatic ring is 1. The van der Waals surface area contributed by atoms with Crippen LogP contribution in [0.5, 0.6) is 5.75 Å². The van der Waals surface area contributed by atoms with E-state index in [4.69, 9.17) is 22.2 Å². The van der Waals surface area contributed by atoms with E-state index < -0.39 is 0 Å². The highest BCUT2D eigenvalue weighted by Crippen LogP contribution is 2.22. The molecule has 0 spiro atoms. The highest BCUT2D eigenvalue weighted by molar-refractivity contribution is 6.31. The van der Waals surface area contributed by atoms with Crippen molar-refractivity contribution in [3.05, 3.63) is 23.2 Å². The minimum absolute atomic E-state index is 0.595. The van der Waals surface area contributed by atoms with Crippen LogP contribution in [0.25, 0.3) is 0 Å². The minimum atomic E-state index is 0.595. The van der Waals surface area contributed by atoms with E-state index in [-0.39, 0.29) is 0 Å². The van der Waals surface area contributed by atoms with Gasteiger partial charge in [0, 0.05) is 11.1 Å². The number of methoxy groups -OCH3 is 1. The molecule has 60 valence electrons. The second kappa shape index (κ2) is 3.46. The Labute approximate surface area is 70.1 Å². The largest absolute Gasteiger partial charge is 0.497 e. The summed E-state index contributed by atoms with van der Waals surface area (Å²) in [6.45, 7) is 0. The molecule has 0 aliphatic heterocycles. The molecule has 1 aromatic carbocycles. The molecule has 0 aliphatic carbocycles. The van der Waals surface area contributed by atoms with Crippen molar-refractivity contribution in [1.29, 1.82) is 0 Å². The molecule has 1 rings (SSSR count). The van der Waals surface area contributed by atoms with E-state index in [1.54, 1.807) is 25.3 Å². The molecule has 0 saturated carbocycles. The number of rotatable bonds is 2. The maximum atomic E-state index is 5.73. The molecule has 0 atom stereocenters. The quantitative estimate of drug-likeness (QED) is 0.527.